The van der Waals surface area contributed by atoms with Gasteiger partial charge in [-0.1, -0.05) is 11.6 Å². The molecule has 1 fully saturated rings. The lowest BCUT2D eigenvalue weighted by molar-refractivity contribution is 0.0135. The molecule has 74 valence electrons. The summed E-state index contributed by atoms with van der Waals surface area (Å²) in [5.74, 6) is 0. The van der Waals surface area contributed by atoms with E-state index >= 15 is 0 Å². The summed E-state index contributed by atoms with van der Waals surface area (Å²) in [4.78, 5) is 0. The van der Waals surface area contributed by atoms with Crippen LogP contribution in [0, 0.1) is 0 Å². The van der Waals surface area contributed by atoms with Gasteiger partial charge in [-0.15, -0.1) is 0 Å². The second-order valence-electron chi connectivity index (χ2n) is 3.16. The van der Waals surface area contributed by atoms with Crippen molar-refractivity contribution in [1.82, 2.24) is 10.6 Å². The zero-order valence-corrected chi connectivity index (χ0v) is 8.34. The minimum Gasteiger partial charge on any atom is -0.369 e. The number of nitrogens with one attached hydrogen (secondary N) is 2. The average Bonchev–Trinajstić information content (AvgIpc) is 2.07. The van der Waals surface area contributed by atoms with Gasteiger partial charge in [-0.05, 0) is 26.1 Å². The van der Waals surface area contributed by atoms with Crippen molar-refractivity contribution in [1.29, 1.82) is 0 Å². The first-order chi connectivity index (χ1) is 6.33. The minimum absolute atomic E-state index is 0.406. The molecule has 0 unspecified atom stereocenters. The molecular formula is C10H18N2O. The van der Waals surface area contributed by atoms with Crippen molar-refractivity contribution in [2.75, 3.05) is 19.8 Å². The molecule has 0 spiro atoms. The fraction of sp³-hybridized carbons (Fsp3) is 0.600. The second kappa shape index (κ2) is 5.78. The highest BCUT2D eigenvalue weighted by Crippen LogP contribution is 1.96. The van der Waals surface area contributed by atoms with Crippen molar-refractivity contribution in [3.05, 3.63) is 23.9 Å². The highest BCUT2D eigenvalue weighted by molar-refractivity contribution is 5.13. The Kier molecular flexibility index (Phi) is 4.57. The van der Waals surface area contributed by atoms with Crippen LogP contribution in [0.2, 0.25) is 0 Å². The molecule has 3 nitrogen and oxygen atoms in total. The monoisotopic (exact) mass is 182 g/mol. The van der Waals surface area contributed by atoms with Crippen molar-refractivity contribution in [3.8, 4) is 0 Å². The summed E-state index contributed by atoms with van der Waals surface area (Å²) in [5, 5.41) is 6.23. The maximum atomic E-state index is 5.45. The fourth-order valence-corrected chi connectivity index (χ4v) is 0.881. The predicted octanol–water partition coefficient (Wildman–Crippen LogP) is 1.00. The van der Waals surface area contributed by atoms with Gasteiger partial charge in [-0.3, -0.25) is 0 Å². The van der Waals surface area contributed by atoms with Crippen LogP contribution < -0.4 is 10.6 Å². The summed E-state index contributed by atoms with van der Waals surface area (Å²) in [5.41, 5.74) is 1.25. The number of hydrogen-bond donors (Lipinski definition) is 2. The third kappa shape index (κ3) is 4.10. The van der Waals surface area contributed by atoms with Crippen molar-refractivity contribution in [3.63, 3.8) is 0 Å². The van der Waals surface area contributed by atoms with Crippen molar-refractivity contribution < 1.29 is 4.74 Å². The van der Waals surface area contributed by atoms with E-state index < -0.39 is 0 Å². The Labute approximate surface area is 79.9 Å². The van der Waals surface area contributed by atoms with E-state index in [-0.39, 0.29) is 0 Å². The molecule has 0 radical (unpaired) electrons. The first-order valence-corrected chi connectivity index (χ1v) is 4.68. The molecule has 1 saturated heterocycles. The summed E-state index contributed by atoms with van der Waals surface area (Å²) in [6.45, 7) is 6.66. The molecule has 1 aliphatic rings. The van der Waals surface area contributed by atoms with Gasteiger partial charge in [0.25, 0.3) is 0 Å². The molecule has 0 aromatic rings. The van der Waals surface area contributed by atoms with Crippen LogP contribution in [0.1, 0.15) is 13.8 Å². The number of rotatable bonds is 5. The Morgan fingerprint density at radius 2 is 2.38 bits per heavy atom. The fourth-order valence-electron chi connectivity index (χ4n) is 0.881. The van der Waals surface area contributed by atoms with E-state index in [4.69, 9.17) is 4.74 Å². The SMILES string of the molecule is C/C=C(C)\C=C/NCOC1CNC1. The second-order valence-corrected chi connectivity index (χ2v) is 3.16. The Morgan fingerprint density at radius 3 is 2.92 bits per heavy atom. The third-order valence-corrected chi connectivity index (χ3v) is 2.07. The molecule has 0 aliphatic carbocycles. The predicted molar refractivity (Wildman–Crippen MR) is 54.3 cm³/mol. The molecule has 0 aromatic carbocycles. The smallest absolute Gasteiger partial charge is 0.116 e. The van der Waals surface area contributed by atoms with Gasteiger partial charge in [0, 0.05) is 13.1 Å². The van der Waals surface area contributed by atoms with Gasteiger partial charge in [0.2, 0.25) is 0 Å². The summed E-state index contributed by atoms with van der Waals surface area (Å²) in [6, 6.07) is 0. The first-order valence-electron chi connectivity index (χ1n) is 4.68. The van der Waals surface area contributed by atoms with E-state index in [0.29, 0.717) is 12.8 Å². The van der Waals surface area contributed by atoms with E-state index in [1.165, 1.54) is 5.57 Å². The van der Waals surface area contributed by atoms with Crippen LogP contribution in [0.25, 0.3) is 0 Å². The topological polar surface area (TPSA) is 33.3 Å². The zero-order valence-electron chi connectivity index (χ0n) is 8.34. The highest BCUT2D eigenvalue weighted by atomic mass is 16.5. The highest BCUT2D eigenvalue weighted by Gasteiger charge is 2.15. The number of hydrogen-bond acceptors (Lipinski definition) is 3. The number of ether oxygens (including phenoxy) is 1. The van der Waals surface area contributed by atoms with E-state index in [1.807, 2.05) is 19.2 Å². The minimum atomic E-state index is 0.406. The van der Waals surface area contributed by atoms with Crippen LogP contribution >= 0.6 is 0 Å². The van der Waals surface area contributed by atoms with Crippen LogP contribution in [0.3, 0.4) is 0 Å². The molecule has 2 N–H and O–H groups in total. The normalized spacial score (nSPS) is 19.1. The molecule has 0 bridgehead atoms. The van der Waals surface area contributed by atoms with Gasteiger partial charge in [-0.2, -0.15) is 0 Å². The Balaban J connectivity index is 1.96. The summed E-state index contributed by atoms with van der Waals surface area (Å²) in [7, 11) is 0. The van der Waals surface area contributed by atoms with E-state index in [2.05, 4.69) is 23.6 Å². The standard InChI is InChI=1S/C10H18N2O/c1-3-9(2)4-5-11-8-13-10-6-12-7-10/h3-5,10-12H,6-8H2,1-2H3/b5-4-,9-3-. The van der Waals surface area contributed by atoms with Gasteiger partial charge in [0.05, 0.1) is 6.10 Å². The largest absolute Gasteiger partial charge is 0.369 e. The lowest BCUT2D eigenvalue weighted by atomic mass is 10.2. The van der Waals surface area contributed by atoms with Crippen LogP contribution in [0.4, 0.5) is 0 Å². The maximum absolute atomic E-state index is 5.45. The van der Waals surface area contributed by atoms with Gasteiger partial charge in [0.15, 0.2) is 0 Å². The Bertz CT molecular complexity index is 195. The third-order valence-electron chi connectivity index (χ3n) is 2.07. The molecule has 13 heavy (non-hydrogen) atoms. The van der Waals surface area contributed by atoms with E-state index in [1.54, 1.807) is 0 Å². The Hall–Kier alpha value is -0.800. The molecule has 0 aromatic heterocycles. The molecule has 1 aliphatic heterocycles. The van der Waals surface area contributed by atoms with Gasteiger partial charge in [0.1, 0.15) is 6.73 Å². The van der Waals surface area contributed by atoms with Crippen LogP contribution in [-0.4, -0.2) is 25.9 Å². The van der Waals surface area contributed by atoms with Crippen LogP contribution in [0.15, 0.2) is 23.9 Å². The zero-order chi connectivity index (χ0) is 9.52. The lowest BCUT2D eigenvalue weighted by Gasteiger charge is -2.26. The quantitative estimate of drug-likeness (QED) is 0.378. The molecular weight excluding hydrogens is 164 g/mol. The molecule has 3 heteroatoms. The van der Waals surface area contributed by atoms with Crippen LogP contribution in [-0.2, 0) is 4.74 Å². The summed E-state index contributed by atoms with van der Waals surface area (Å²) >= 11 is 0. The maximum Gasteiger partial charge on any atom is 0.116 e. The van der Waals surface area contributed by atoms with Crippen LogP contribution in [0.5, 0.6) is 0 Å². The summed E-state index contributed by atoms with van der Waals surface area (Å²) in [6.07, 6.45) is 6.42. The molecule has 0 saturated carbocycles. The lowest BCUT2D eigenvalue weighted by Crippen LogP contribution is -2.49. The van der Waals surface area contributed by atoms with Gasteiger partial charge >= 0.3 is 0 Å². The first kappa shape index (κ1) is 10.3. The van der Waals surface area contributed by atoms with Crippen molar-refractivity contribution >= 4 is 0 Å². The van der Waals surface area contributed by atoms with Crippen molar-refractivity contribution in [2.24, 2.45) is 0 Å². The van der Waals surface area contributed by atoms with Gasteiger partial charge in [-0.25, -0.2) is 0 Å². The van der Waals surface area contributed by atoms with E-state index in [0.717, 1.165) is 13.1 Å². The molecule has 0 atom stereocenters. The average molecular weight is 182 g/mol. The van der Waals surface area contributed by atoms with E-state index in [9.17, 15) is 0 Å². The van der Waals surface area contributed by atoms with Crippen molar-refractivity contribution in [2.45, 2.75) is 20.0 Å². The molecule has 0 amide bonds. The summed E-state index contributed by atoms with van der Waals surface area (Å²) < 4.78 is 5.45. The Morgan fingerprint density at radius 1 is 1.62 bits per heavy atom. The van der Waals surface area contributed by atoms with Gasteiger partial charge < -0.3 is 15.4 Å². The molecule has 1 rings (SSSR count). The number of allylic oxidation sites excluding steroid dienone is 3. The molecule has 1 heterocycles.